The fraction of sp³-hybridized carbons (Fsp3) is 0.471. The number of benzene rings is 1. The van der Waals surface area contributed by atoms with E-state index in [2.05, 4.69) is 5.32 Å². The standard InChI is InChI=1S/C17H22N2O5/c1-17(2,3)24-16(23)18-12-9-8-11-6-4-5-7-13(11)19(15(12)22)10-14(20)21/h4-7,12H,8-10H2,1-3H3,(H,18,23)(H,20,21)/t12-/m0/s1. The van der Waals surface area contributed by atoms with Crippen molar-refractivity contribution in [2.75, 3.05) is 11.4 Å². The van der Waals surface area contributed by atoms with Gasteiger partial charge in [0.1, 0.15) is 18.2 Å². The maximum Gasteiger partial charge on any atom is 0.408 e. The molecule has 0 saturated carbocycles. The Morgan fingerprint density at radius 3 is 2.62 bits per heavy atom. The molecule has 1 atom stereocenters. The summed E-state index contributed by atoms with van der Waals surface area (Å²) in [6.45, 7) is 4.73. The van der Waals surface area contributed by atoms with Crippen molar-refractivity contribution in [3.63, 3.8) is 0 Å². The van der Waals surface area contributed by atoms with E-state index in [-0.39, 0.29) is 0 Å². The summed E-state index contributed by atoms with van der Waals surface area (Å²) in [6, 6.07) is 6.33. The number of carbonyl (C=O) groups excluding carboxylic acids is 2. The number of carbonyl (C=O) groups is 3. The molecule has 24 heavy (non-hydrogen) atoms. The SMILES string of the molecule is CC(C)(C)OC(=O)N[C@H]1CCc2ccccc2N(CC(=O)O)C1=O. The van der Waals surface area contributed by atoms with E-state index in [9.17, 15) is 14.4 Å². The van der Waals surface area contributed by atoms with Gasteiger partial charge in [0.15, 0.2) is 0 Å². The molecule has 7 heteroatoms. The van der Waals surface area contributed by atoms with Crippen LogP contribution >= 0.6 is 0 Å². The highest BCUT2D eigenvalue weighted by molar-refractivity contribution is 6.02. The molecule has 0 radical (unpaired) electrons. The van der Waals surface area contributed by atoms with Crippen molar-refractivity contribution in [3.05, 3.63) is 29.8 Å². The van der Waals surface area contributed by atoms with Crippen molar-refractivity contribution < 1.29 is 24.2 Å². The van der Waals surface area contributed by atoms with Crippen LogP contribution in [0.4, 0.5) is 10.5 Å². The molecule has 2 amide bonds. The molecule has 0 bridgehead atoms. The van der Waals surface area contributed by atoms with Crippen molar-refractivity contribution in [2.24, 2.45) is 0 Å². The van der Waals surface area contributed by atoms with E-state index in [0.717, 1.165) is 5.56 Å². The van der Waals surface area contributed by atoms with E-state index in [0.29, 0.717) is 18.5 Å². The van der Waals surface area contributed by atoms with E-state index < -0.39 is 36.2 Å². The van der Waals surface area contributed by atoms with E-state index in [1.54, 1.807) is 32.9 Å². The van der Waals surface area contributed by atoms with Gasteiger partial charge in [-0.2, -0.15) is 0 Å². The van der Waals surface area contributed by atoms with Crippen molar-refractivity contribution in [1.82, 2.24) is 5.32 Å². The number of hydrogen-bond donors (Lipinski definition) is 2. The lowest BCUT2D eigenvalue weighted by Crippen LogP contribution is -2.50. The average Bonchev–Trinajstić information content (AvgIpc) is 2.57. The number of carboxylic acid groups (broad SMARTS) is 1. The number of hydrogen-bond acceptors (Lipinski definition) is 4. The van der Waals surface area contributed by atoms with Crippen LogP contribution in [0.3, 0.4) is 0 Å². The highest BCUT2D eigenvalue weighted by atomic mass is 16.6. The number of aryl methyl sites for hydroxylation is 1. The minimum absolute atomic E-state index is 0.380. The molecule has 2 N–H and O–H groups in total. The van der Waals surface area contributed by atoms with Crippen LogP contribution in [-0.2, 0) is 20.7 Å². The molecule has 0 spiro atoms. The summed E-state index contributed by atoms with van der Waals surface area (Å²) in [5, 5.41) is 11.7. The second-order valence-electron chi connectivity index (χ2n) is 6.68. The van der Waals surface area contributed by atoms with Gasteiger partial charge in [-0.05, 0) is 45.2 Å². The van der Waals surface area contributed by atoms with Crippen molar-refractivity contribution in [1.29, 1.82) is 0 Å². The van der Waals surface area contributed by atoms with Crippen LogP contribution in [-0.4, -0.2) is 41.3 Å². The Labute approximate surface area is 140 Å². The maximum absolute atomic E-state index is 12.7. The molecule has 130 valence electrons. The third-order valence-electron chi connectivity index (χ3n) is 3.53. The molecule has 0 aliphatic carbocycles. The zero-order chi connectivity index (χ0) is 17.9. The van der Waals surface area contributed by atoms with Crippen LogP contribution in [0.5, 0.6) is 0 Å². The van der Waals surface area contributed by atoms with Crippen LogP contribution in [0.2, 0.25) is 0 Å². The Balaban J connectivity index is 2.23. The van der Waals surface area contributed by atoms with Crippen LogP contribution in [0.25, 0.3) is 0 Å². The Kier molecular flexibility index (Phi) is 5.11. The summed E-state index contributed by atoms with van der Waals surface area (Å²) in [4.78, 5) is 37.1. The van der Waals surface area contributed by atoms with Gasteiger partial charge in [-0.15, -0.1) is 0 Å². The Morgan fingerprint density at radius 1 is 1.33 bits per heavy atom. The zero-order valence-electron chi connectivity index (χ0n) is 14.0. The number of aliphatic carboxylic acids is 1. The van der Waals surface area contributed by atoms with Gasteiger partial charge in [0.25, 0.3) is 0 Å². The van der Waals surface area contributed by atoms with Gasteiger partial charge in [0.05, 0.1) is 0 Å². The number of amides is 2. The van der Waals surface area contributed by atoms with Crippen LogP contribution in [0.15, 0.2) is 24.3 Å². The third-order valence-corrected chi connectivity index (χ3v) is 3.53. The topological polar surface area (TPSA) is 95.9 Å². The first-order valence-corrected chi connectivity index (χ1v) is 7.78. The van der Waals surface area contributed by atoms with Gasteiger partial charge >= 0.3 is 12.1 Å². The Morgan fingerprint density at radius 2 is 2.00 bits per heavy atom. The Bertz CT molecular complexity index is 651. The average molecular weight is 334 g/mol. The third kappa shape index (κ3) is 4.47. The number of rotatable bonds is 3. The first-order chi connectivity index (χ1) is 11.2. The fourth-order valence-electron chi connectivity index (χ4n) is 2.60. The molecule has 7 nitrogen and oxygen atoms in total. The maximum atomic E-state index is 12.7. The monoisotopic (exact) mass is 334 g/mol. The molecular weight excluding hydrogens is 312 g/mol. The lowest BCUT2D eigenvalue weighted by atomic mass is 10.1. The Hall–Kier alpha value is -2.57. The first kappa shape index (κ1) is 17.8. The number of nitrogens with zero attached hydrogens (tertiary/aromatic N) is 1. The lowest BCUT2D eigenvalue weighted by molar-refractivity contribution is -0.136. The van der Waals surface area contributed by atoms with Gasteiger partial charge in [-0.25, -0.2) is 4.79 Å². The first-order valence-electron chi connectivity index (χ1n) is 7.78. The molecule has 0 fully saturated rings. The predicted octanol–water partition coefficient (Wildman–Crippen LogP) is 1.94. The molecule has 0 aromatic heterocycles. The molecule has 1 aromatic rings. The minimum Gasteiger partial charge on any atom is -0.480 e. The summed E-state index contributed by atoms with van der Waals surface area (Å²) < 4.78 is 5.19. The smallest absolute Gasteiger partial charge is 0.408 e. The number of alkyl carbamates (subject to hydrolysis) is 1. The molecular formula is C17H22N2O5. The van der Waals surface area contributed by atoms with Crippen molar-refractivity contribution >= 4 is 23.7 Å². The zero-order valence-corrected chi connectivity index (χ0v) is 14.0. The van der Waals surface area contributed by atoms with Gasteiger partial charge < -0.3 is 15.2 Å². The highest BCUT2D eigenvalue weighted by Gasteiger charge is 2.33. The van der Waals surface area contributed by atoms with Gasteiger partial charge in [-0.3, -0.25) is 14.5 Å². The largest absolute Gasteiger partial charge is 0.480 e. The van der Waals surface area contributed by atoms with Crippen molar-refractivity contribution in [2.45, 2.75) is 45.3 Å². The van der Waals surface area contributed by atoms with Crippen LogP contribution in [0, 0.1) is 0 Å². The normalized spacial score (nSPS) is 17.7. The predicted molar refractivity (Wildman–Crippen MR) is 87.9 cm³/mol. The highest BCUT2D eigenvalue weighted by Crippen LogP contribution is 2.27. The van der Waals surface area contributed by atoms with Crippen LogP contribution < -0.4 is 10.2 Å². The number of anilines is 1. The summed E-state index contributed by atoms with van der Waals surface area (Å²) in [5.41, 5.74) is 0.765. The van der Waals surface area contributed by atoms with Crippen LogP contribution in [0.1, 0.15) is 32.8 Å². The molecule has 1 aliphatic rings. The number of para-hydroxylation sites is 1. The molecule has 0 unspecified atom stereocenters. The molecule has 0 saturated heterocycles. The summed E-state index contributed by atoms with van der Waals surface area (Å²) in [7, 11) is 0. The summed E-state index contributed by atoms with van der Waals surface area (Å²) >= 11 is 0. The molecule has 1 aromatic carbocycles. The molecule has 1 aliphatic heterocycles. The second-order valence-corrected chi connectivity index (χ2v) is 6.68. The molecule has 1 heterocycles. The lowest BCUT2D eigenvalue weighted by Gasteiger charge is -2.26. The number of ether oxygens (including phenoxy) is 1. The fourth-order valence-corrected chi connectivity index (χ4v) is 2.60. The van der Waals surface area contributed by atoms with E-state index in [1.807, 2.05) is 12.1 Å². The van der Waals surface area contributed by atoms with Gasteiger partial charge in [0.2, 0.25) is 5.91 Å². The minimum atomic E-state index is -1.11. The number of nitrogens with one attached hydrogen (secondary N) is 1. The van der Waals surface area contributed by atoms with E-state index in [4.69, 9.17) is 9.84 Å². The second kappa shape index (κ2) is 6.90. The van der Waals surface area contributed by atoms with E-state index in [1.165, 1.54) is 4.90 Å². The van der Waals surface area contributed by atoms with Gasteiger partial charge in [-0.1, -0.05) is 18.2 Å². The van der Waals surface area contributed by atoms with Crippen molar-refractivity contribution in [3.8, 4) is 0 Å². The van der Waals surface area contributed by atoms with Gasteiger partial charge in [0, 0.05) is 5.69 Å². The van der Waals surface area contributed by atoms with E-state index >= 15 is 0 Å². The summed E-state index contributed by atoms with van der Waals surface area (Å²) in [6.07, 6.45) is 0.242. The summed E-state index contributed by atoms with van der Waals surface area (Å²) in [5.74, 6) is -1.57. The number of carboxylic acids is 1. The number of fused-ring (bicyclic) bond motifs is 1. The molecule has 2 rings (SSSR count). The quantitative estimate of drug-likeness (QED) is 0.881.